The van der Waals surface area contributed by atoms with Crippen molar-refractivity contribution in [3.05, 3.63) is 0 Å². The lowest BCUT2D eigenvalue weighted by atomic mass is 9.90. The minimum absolute atomic E-state index is 0.00582. The lowest BCUT2D eigenvalue weighted by Gasteiger charge is -2.37. The summed E-state index contributed by atoms with van der Waals surface area (Å²) in [6.45, 7) is 13.1. The summed E-state index contributed by atoms with van der Waals surface area (Å²) in [4.78, 5) is 25.7. The van der Waals surface area contributed by atoms with Crippen LogP contribution in [0.3, 0.4) is 0 Å². The average Bonchev–Trinajstić information content (AvgIpc) is 3.57. The quantitative estimate of drug-likeness (QED) is 0.190. The topological polar surface area (TPSA) is 130 Å². The minimum atomic E-state index is -0.453. The molecular weight excluding hydrogens is 504 g/mol. The normalized spacial score (nSPS) is 34.0. The number of amides is 2. The first-order valence-electron chi connectivity index (χ1n) is 15.8. The molecule has 0 spiro atoms. The molecule has 3 aliphatic heterocycles. The molecule has 10 nitrogen and oxygen atoms in total. The summed E-state index contributed by atoms with van der Waals surface area (Å²) in [5.74, 6) is 8.64. The number of hydrogen-bond donors (Lipinski definition) is 8. The highest BCUT2D eigenvalue weighted by molar-refractivity contribution is 5.79. The second-order valence-electron chi connectivity index (χ2n) is 12.8. The van der Waals surface area contributed by atoms with Gasteiger partial charge in [0, 0.05) is 116 Å². The van der Waals surface area contributed by atoms with Crippen LogP contribution in [-0.4, -0.2) is 102 Å². The van der Waals surface area contributed by atoms with E-state index in [0.717, 1.165) is 90.1 Å². The van der Waals surface area contributed by atoms with Gasteiger partial charge in [0.25, 0.3) is 0 Å². The zero-order valence-electron chi connectivity index (χ0n) is 24.7. The summed E-state index contributed by atoms with van der Waals surface area (Å²) in [5.41, 5.74) is -0.307. The number of rotatable bonds is 7. The van der Waals surface area contributed by atoms with E-state index in [1.807, 2.05) is 0 Å². The predicted molar refractivity (Wildman–Crippen MR) is 160 cm³/mol. The van der Waals surface area contributed by atoms with Crippen LogP contribution in [0.4, 0.5) is 0 Å². The molecule has 226 valence electrons. The summed E-state index contributed by atoms with van der Waals surface area (Å²) in [6, 6.07) is 0. The number of carbonyl (C=O) groups is 2. The number of fused-ring (bicyclic) bond motifs is 16. The van der Waals surface area contributed by atoms with Crippen molar-refractivity contribution in [2.24, 2.45) is 23.2 Å². The van der Waals surface area contributed by atoms with Crippen LogP contribution in [0.5, 0.6) is 0 Å². The standard InChI is InChI=1S/C30H54N8O2/c1-29-18-31-11-14-34-21-30(22-35-15-12-32-19-29,23-36-16-13-33-20-29)38-28(40)10-6-9-27(39)37-17-26-24-7-4-2-3-5-8-25(24)26/h24-26,31-36H,4-23H2,1H3,(H,37,39)(H,38,40)/t24-,25+,26?,29?,30?. The Bertz CT molecular complexity index is 810. The van der Waals surface area contributed by atoms with E-state index in [1.165, 1.54) is 12.8 Å². The van der Waals surface area contributed by atoms with Gasteiger partial charge >= 0.3 is 0 Å². The summed E-state index contributed by atoms with van der Waals surface area (Å²) in [5, 5.41) is 28.1. The van der Waals surface area contributed by atoms with Crippen molar-refractivity contribution in [3.63, 3.8) is 0 Å². The fourth-order valence-corrected chi connectivity index (χ4v) is 6.62. The van der Waals surface area contributed by atoms with Crippen molar-refractivity contribution >= 4 is 11.8 Å². The molecule has 10 heteroatoms. The van der Waals surface area contributed by atoms with Gasteiger partial charge in [-0.25, -0.2) is 0 Å². The van der Waals surface area contributed by atoms with Crippen LogP contribution in [0, 0.1) is 35.0 Å². The Morgan fingerprint density at radius 3 is 1.65 bits per heavy atom. The van der Waals surface area contributed by atoms with E-state index in [4.69, 9.17) is 0 Å². The fourth-order valence-electron chi connectivity index (χ4n) is 6.62. The Hall–Kier alpha value is -1.74. The second-order valence-corrected chi connectivity index (χ2v) is 12.8. The maximum absolute atomic E-state index is 13.1. The monoisotopic (exact) mass is 558 g/mol. The van der Waals surface area contributed by atoms with Crippen molar-refractivity contribution in [1.29, 1.82) is 0 Å². The number of hydrogen-bond acceptors (Lipinski definition) is 8. The van der Waals surface area contributed by atoms with Crippen molar-refractivity contribution in [3.8, 4) is 11.8 Å². The van der Waals surface area contributed by atoms with E-state index in [0.29, 0.717) is 44.8 Å². The molecule has 8 N–H and O–H groups in total. The molecular formula is C30H54N8O2. The van der Waals surface area contributed by atoms with Gasteiger partial charge in [0.1, 0.15) is 0 Å². The molecule has 40 heavy (non-hydrogen) atoms. The van der Waals surface area contributed by atoms with Crippen LogP contribution in [0.15, 0.2) is 0 Å². The summed E-state index contributed by atoms with van der Waals surface area (Å²) >= 11 is 0. The van der Waals surface area contributed by atoms with E-state index in [1.54, 1.807) is 0 Å². The van der Waals surface area contributed by atoms with Crippen LogP contribution in [0.25, 0.3) is 0 Å². The van der Waals surface area contributed by atoms with Gasteiger partial charge in [-0.05, 0) is 37.0 Å². The highest BCUT2D eigenvalue weighted by Crippen LogP contribution is 2.51. The summed E-state index contributed by atoms with van der Waals surface area (Å²) in [7, 11) is 0. The lowest BCUT2D eigenvalue weighted by Crippen LogP contribution is -2.66. The van der Waals surface area contributed by atoms with Gasteiger partial charge in [0.15, 0.2) is 0 Å². The summed E-state index contributed by atoms with van der Waals surface area (Å²) in [6.07, 6.45) is 5.62. The average molecular weight is 559 g/mol. The molecule has 3 heterocycles. The van der Waals surface area contributed by atoms with E-state index < -0.39 is 5.54 Å². The highest BCUT2D eigenvalue weighted by Gasteiger charge is 2.48. The van der Waals surface area contributed by atoms with Gasteiger partial charge in [0.05, 0.1) is 5.54 Å². The molecule has 0 aromatic carbocycles. The third kappa shape index (κ3) is 10.3. The van der Waals surface area contributed by atoms with Crippen molar-refractivity contribution in [2.75, 3.05) is 85.1 Å². The van der Waals surface area contributed by atoms with E-state index in [-0.39, 0.29) is 17.2 Å². The Balaban J connectivity index is 1.23. The zero-order chi connectivity index (χ0) is 28.1. The molecule has 4 fully saturated rings. The molecule has 1 saturated carbocycles. The first-order chi connectivity index (χ1) is 19.5. The smallest absolute Gasteiger partial charge is 0.220 e. The maximum Gasteiger partial charge on any atom is 0.220 e. The van der Waals surface area contributed by atoms with Crippen LogP contribution in [-0.2, 0) is 9.59 Å². The summed E-state index contributed by atoms with van der Waals surface area (Å²) < 4.78 is 0. The Labute approximate surface area is 241 Å². The largest absolute Gasteiger partial charge is 0.356 e. The Morgan fingerprint density at radius 2 is 1.15 bits per heavy atom. The van der Waals surface area contributed by atoms with Crippen LogP contribution >= 0.6 is 0 Å². The SMILES string of the molecule is CC12CNCCNCC(NC(=O)CCCC(=O)NCC3[C@H]4CCC#CCC[C@@H]34)(CNCCNC1)CNCCNC2. The zero-order valence-corrected chi connectivity index (χ0v) is 24.7. The van der Waals surface area contributed by atoms with Crippen LogP contribution in [0.1, 0.15) is 51.9 Å². The molecule has 2 amide bonds. The molecule has 2 aliphatic carbocycles. The van der Waals surface area contributed by atoms with Gasteiger partial charge in [-0.2, -0.15) is 0 Å². The molecule has 5 aliphatic rings. The predicted octanol–water partition coefficient (Wildman–Crippen LogP) is -0.861. The molecule has 3 saturated heterocycles. The maximum atomic E-state index is 13.1. The molecule has 1 unspecified atom stereocenters. The first-order valence-corrected chi connectivity index (χ1v) is 15.8. The fraction of sp³-hybridized carbons (Fsp3) is 0.867. The minimum Gasteiger partial charge on any atom is -0.356 e. The van der Waals surface area contributed by atoms with E-state index >= 15 is 0 Å². The van der Waals surface area contributed by atoms with Crippen LogP contribution < -0.4 is 42.5 Å². The highest BCUT2D eigenvalue weighted by atomic mass is 16.2. The number of carbonyl (C=O) groups excluding carboxylic acids is 2. The van der Waals surface area contributed by atoms with Crippen molar-refractivity contribution in [1.82, 2.24) is 42.5 Å². The van der Waals surface area contributed by atoms with Crippen molar-refractivity contribution < 1.29 is 9.59 Å². The van der Waals surface area contributed by atoms with Crippen LogP contribution in [0.2, 0.25) is 0 Å². The Morgan fingerprint density at radius 1 is 0.700 bits per heavy atom. The van der Waals surface area contributed by atoms with Gasteiger partial charge in [-0.3, -0.25) is 9.59 Å². The van der Waals surface area contributed by atoms with Gasteiger partial charge in [-0.1, -0.05) is 6.92 Å². The second kappa shape index (κ2) is 16.0. The molecule has 2 bridgehead atoms. The van der Waals surface area contributed by atoms with E-state index in [9.17, 15) is 9.59 Å². The molecule has 0 radical (unpaired) electrons. The van der Waals surface area contributed by atoms with Crippen molar-refractivity contribution in [2.45, 2.75) is 57.4 Å². The lowest BCUT2D eigenvalue weighted by molar-refractivity contribution is -0.123. The van der Waals surface area contributed by atoms with Gasteiger partial charge < -0.3 is 42.5 Å². The number of nitrogens with one attached hydrogen (secondary N) is 8. The molecule has 0 aromatic rings. The van der Waals surface area contributed by atoms with E-state index in [2.05, 4.69) is 61.3 Å². The van der Waals surface area contributed by atoms with Gasteiger partial charge in [-0.15, -0.1) is 11.8 Å². The molecule has 5 rings (SSSR count). The van der Waals surface area contributed by atoms with Gasteiger partial charge in [0.2, 0.25) is 11.8 Å². The molecule has 3 atom stereocenters. The first kappa shape index (κ1) is 31.2. The third-order valence-corrected chi connectivity index (χ3v) is 9.07. The Kier molecular flexibility index (Phi) is 12.5. The molecule has 0 aromatic heterocycles. The third-order valence-electron chi connectivity index (χ3n) is 9.07.